The number of nitrogens with one attached hydrogen (secondary N) is 1. The molecule has 2 heterocycles. The van der Waals surface area contributed by atoms with E-state index >= 15 is 0 Å². The highest BCUT2D eigenvalue weighted by molar-refractivity contribution is 7.89. The zero-order valence-electron chi connectivity index (χ0n) is 16.3. The summed E-state index contributed by atoms with van der Waals surface area (Å²) in [6.45, 7) is 9.69. The Morgan fingerprint density at radius 2 is 1.78 bits per heavy atom. The lowest BCUT2D eigenvalue weighted by Crippen LogP contribution is -2.32. The van der Waals surface area contributed by atoms with Crippen LogP contribution in [0.5, 0.6) is 0 Å². The number of hydrogen-bond donors (Lipinski definition) is 1. The minimum atomic E-state index is -3.66. The Bertz CT molecular complexity index is 1050. The molecule has 2 aromatic heterocycles. The smallest absolute Gasteiger partial charge is 0.240 e. The van der Waals surface area contributed by atoms with Crippen molar-refractivity contribution in [1.82, 2.24) is 14.5 Å². The number of aromatic nitrogens is 2. The number of benzene rings is 1. The van der Waals surface area contributed by atoms with Gasteiger partial charge in [0.15, 0.2) is 0 Å². The third-order valence-corrected chi connectivity index (χ3v) is 6.32. The van der Waals surface area contributed by atoms with Gasteiger partial charge in [-0.15, -0.1) is 0 Å². The number of furan rings is 1. The van der Waals surface area contributed by atoms with Gasteiger partial charge in [-0.25, -0.2) is 13.1 Å². The van der Waals surface area contributed by atoms with Gasteiger partial charge < -0.3 is 4.42 Å². The number of sulfonamides is 1. The molecule has 1 unspecified atom stereocenters. The number of aryl methyl sites for hydroxylation is 5. The van der Waals surface area contributed by atoms with Crippen LogP contribution in [0.3, 0.4) is 0 Å². The summed E-state index contributed by atoms with van der Waals surface area (Å²) in [7, 11) is -3.66. The zero-order valence-corrected chi connectivity index (χ0v) is 17.1. The van der Waals surface area contributed by atoms with Crippen molar-refractivity contribution in [1.29, 1.82) is 0 Å². The minimum absolute atomic E-state index is 0.143. The highest BCUT2D eigenvalue weighted by Crippen LogP contribution is 2.23. The van der Waals surface area contributed by atoms with Crippen molar-refractivity contribution in [2.24, 2.45) is 0 Å². The molecule has 1 aromatic carbocycles. The normalized spacial score (nSPS) is 13.1. The average Bonchev–Trinajstić information content (AvgIpc) is 3.21. The van der Waals surface area contributed by atoms with E-state index in [4.69, 9.17) is 4.42 Å². The molecule has 0 bridgehead atoms. The molecule has 6 nitrogen and oxygen atoms in total. The lowest BCUT2D eigenvalue weighted by Gasteiger charge is -2.19. The van der Waals surface area contributed by atoms with E-state index in [-0.39, 0.29) is 12.6 Å². The van der Waals surface area contributed by atoms with Crippen molar-refractivity contribution in [3.8, 4) is 0 Å². The topological polar surface area (TPSA) is 77.1 Å². The van der Waals surface area contributed by atoms with Gasteiger partial charge in [-0.1, -0.05) is 6.07 Å². The molecule has 0 saturated heterocycles. The molecule has 0 radical (unpaired) electrons. The summed E-state index contributed by atoms with van der Waals surface area (Å²) in [6.07, 6.45) is 1.58. The van der Waals surface area contributed by atoms with Crippen LogP contribution >= 0.6 is 0 Å². The first-order valence-corrected chi connectivity index (χ1v) is 10.3. The standard InChI is InChI=1S/C20H25N3O3S/c1-13-9-15(3)20(10-14(13)2)27(24,25)21-12-18(19-7-6-8-26-19)23-17(5)11-16(4)22-23/h6-11,18,21H,12H2,1-5H3. The van der Waals surface area contributed by atoms with Crippen molar-refractivity contribution >= 4 is 10.0 Å². The maximum Gasteiger partial charge on any atom is 0.240 e. The third kappa shape index (κ3) is 3.99. The van der Waals surface area contributed by atoms with Crippen LogP contribution < -0.4 is 4.72 Å². The van der Waals surface area contributed by atoms with Gasteiger partial charge in [-0.05, 0) is 75.6 Å². The van der Waals surface area contributed by atoms with Crippen LogP contribution in [0.4, 0.5) is 0 Å². The maximum atomic E-state index is 12.9. The Kier molecular flexibility index (Phi) is 5.26. The fraction of sp³-hybridized carbons (Fsp3) is 0.350. The van der Waals surface area contributed by atoms with Gasteiger partial charge in [0.1, 0.15) is 11.8 Å². The lowest BCUT2D eigenvalue weighted by atomic mass is 10.1. The molecule has 1 N–H and O–H groups in total. The summed E-state index contributed by atoms with van der Waals surface area (Å²) in [4.78, 5) is 0.303. The van der Waals surface area contributed by atoms with Crippen molar-refractivity contribution in [3.05, 3.63) is 70.4 Å². The van der Waals surface area contributed by atoms with Gasteiger partial charge in [0.2, 0.25) is 10.0 Å². The molecule has 0 fully saturated rings. The highest BCUT2D eigenvalue weighted by Gasteiger charge is 2.24. The SMILES string of the molecule is Cc1cc(C)n(C(CNS(=O)(=O)c2cc(C)c(C)cc2C)c2ccco2)n1. The average molecular weight is 388 g/mol. The predicted molar refractivity (Wildman–Crippen MR) is 104 cm³/mol. The summed E-state index contributed by atoms with van der Waals surface area (Å²) in [6, 6.07) is 8.83. The first-order valence-electron chi connectivity index (χ1n) is 8.82. The molecule has 0 aliphatic rings. The predicted octanol–water partition coefficient (Wildman–Crippen LogP) is 3.59. The number of hydrogen-bond acceptors (Lipinski definition) is 4. The van der Waals surface area contributed by atoms with Gasteiger partial charge in [0.25, 0.3) is 0 Å². The van der Waals surface area contributed by atoms with E-state index in [1.54, 1.807) is 23.1 Å². The minimum Gasteiger partial charge on any atom is -0.467 e. The molecule has 3 aromatic rings. The molecule has 27 heavy (non-hydrogen) atoms. The molecule has 7 heteroatoms. The molecule has 0 amide bonds. The Morgan fingerprint density at radius 1 is 1.07 bits per heavy atom. The van der Waals surface area contributed by atoms with Crippen LogP contribution in [0.1, 0.15) is 39.9 Å². The van der Waals surface area contributed by atoms with Crippen LogP contribution in [-0.4, -0.2) is 24.7 Å². The summed E-state index contributed by atoms with van der Waals surface area (Å²) in [5, 5.41) is 4.51. The van der Waals surface area contributed by atoms with Crippen LogP contribution in [-0.2, 0) is 10.0 Å². The van der Waals surface area contributed by atoms with Gasteiger partial charge >= 0.3 is 0 Å². The fourth-order valence-electron chi connectivity index (χ4n) is 3.24. The van der Waals surface area contributed by atoms with Gasteiger partial charge in [0, 0.05) is 12.2 Å². The van der Waals surface area contributed by atoms with Crippen molar-refractivity contribution in [2.45, 2.75) is 45.6 Å². The Balaban J connectivity index is 1.92. The second-order valence-electron chi connectivity index (χ2n) is 6.96. The van der Waals surface area contributed by atoms with Crippen LogP contribution in [0.15, 0.2) is 45.9 Å². The van der Waals surface area contributed by atoms with E-state index in [1.165, 1.54) is 0 Å². The van der Waals surface area contributed by atoms with Crippen molar-refractivity contribution in [3.63, 3.8) is 0 Å². The monoisotopic (exact) mass is 387 g/mol. The van der Waals surface area contributed by atoms with E-state index in [2.05, 4.69) is 9.82 Å². The van der Waals surface area contributed by atoms with Crippen LogP contribution in [0.25, 0.3) is 0 Å². The first kappa shape index (κ1) is 19.4. The molecule has 3 rings (SSSR count). The first-order chi connectivity index (χ1) is 12.7. The molecular formula is C20H25N3O3S. The van der Waals surface area contributed by atoms with Crippen molar-refractivity contribution in [2.75, 3.05) is 6.54 Å². The fourth-order valence-corrected chi connectivity index (χ4v) is 4.59. The Hall–Kier alpha value is -2.38. The van der Waals surface area contributed by atoms with E-state index in [9.17, 15) is 8.42 Å². The summed E-state index contributed by atoms with van der Waals surface area (Å²) in [5.41, 5.74) is 4.56. The highest BCUT2D eigenvalue weighted by atomic mass is 32.2. The lowest BCUT2D eigenvalue weighted by molar-refractivity contribution is 0.397. The van der Waals surface area contributed by atoms with E-state index in [1.807, 2.05) is 52.8 Å². The Labute approximate surface area is 160 Å². The molecular weight excluding hydrogens is 362 g/mol. The summed E-state index contributed by atoms with van der Waals surface area (Å²) >= 11 is 0. The molecule has 0 spiro atoms. The van der Waals surface area contributed by atoms with Gasteiger partial charge in [0.05, 0.1) is 16.9 Å². The van der Waals surface area contributed by atoms with Crippen molar-refractivity contribution < 1.29 is 12.8 Å². The van der Waals surface area contributed by atoms with E-state index < -0.39 is 10.0 Å². The van der Waals surface area contributed by atoms with Crippen LogP contribution in [0.2, 0.25) is 0 Å². The zero-order chi connectivity index (χ0) is 19.8. The molecule has 0 aliphatic carbocycles. The largest absolute Gasteiger partial charge is 0.467 e. The second kappa shape index (κ2) is 7.32. The van der Waals surface area contributed by atoms with Gasteiger partial charge in [-0.3, -0.25) is 4.68 Å². The quantitative estimate of drug-likeness (QED) is 0.701. The summed E-state index contributed by atoms with van der Waals surface area (Å²) < 4.78 is 36.0. The van der Waals surface area contributed by atoms with Crippen LogP contribution in [0, 0.1) is 34.6 Å². The number of nitrogens with zero attached hydrogens (tertiary/aromatic N) is 2. The molecule has 144 valence electrons. The number of rotatable bonds is 6. The second-order valence-corrected chi connectivity index (χ2v) is 8.69. The molecule has 0 saturated carbocycles. The molecule has 0 aliphatic heterocycles. The Morgan fingerprint density at radius 3 is 2.37 bits per heavy atom. The van der Waals surface area contributed by atoms with E-state index in [0.29, 0.717) is 10.7 Å². The third-order valence-electron chi connectivity index (χ3n) is 4.76. The maximum absolute atomic E-state index is 12.9. The molecule has 1 atom stereocenters. The summed E-state index contributed by atoms with van der Waals surface area (Å²) in [5.74, 6) is 0.653. The van der Waals surface area contributed by atoms with E-state index in [0.717, 1.165) is 28.1 Å². The van der Waals surface area contributed by atoms with Gasteiger partial charge in [-0.2, -0.15) is 5.10 Å².